The fourth-order valence-electron chi connectivity index (χ4n) is 2.02. The maximum atomic E-state index is 5.57. The lowest BCUT2D eigenvalue weighted by Crippen LogP contribution is -2.47. The molecule has 0 spiro atoms. The molecule has 0 radical (unpaired) electrons. The molecule has 1 saturated heterocycles. The van der Waals surface area contributed by atoms with Crippen molar-refractivity contribution < 1.29 is 9.47 Å². The van der Waals surface area contributed by atoms with Gasteiger partial charge in [-0.2, -0.15) is 0 Å². The number of ether oxygens (including phenoxy) is 2. The molecular formula is C13H29N3O2. The Bertz CT molecular complexity index is 185. The molecule has 1 heterocycles. The summed E-state index contributed by atoms with van der Waals surface area (Å²) < 4.78 is 11.0. The van der Waals surface area contributed by atoms with E-state index >= 15 is 0 Å². The quantitative estimate of drug-likeness (QED) is 0.554. The summed E-state index contributed by atoms with van der Waals surface area (Å²) in [5.74, 6) is 0. The number of nitrogens with zero attached hydrogens (tertiary/aromatic N) is 2. The molecule has 108 valence electrons. The minimum Gasteiger partial charge on any atom is -0.378 e. The van der Waals surface area contributed by atoms with Gasteiger partial charge in [0.25, 0.3) is 0 Å². The highest BCUT2D eigenvalue weighted by atomic mass is 16.5. The molecule has 0 unspecified atom stereocenters. The summed E-state index contributed by atoms with van der Waals surface area (Å²) in [6.45, 7) is 13.1. The Balaban J connectivity index is 1.84. The lowest BCUT2D eigenvalue weighted by Gasteiger charge is -2.33. The SMILES string of the molecule is CCN1CCN(CCOCCOCCNC)CC1. The van der Waals surface area contributed by atoms with Crippen LogP contribution in [0.5, 0.6) is 0 Å². The lowest BCUT2D eigenvalue weighted by atomic mass is 10.3. The van der Waals surface area contributed by atoms with Gasteiger partial charge < -0.3 is 19.7 Å². The molecule has 1 N–H and O–H groups in total. The predicted molar refractivity (Wildman–Crippen MR) is 74.1 cm³/mol. The smallest absolute Gasteiger partial charge is 0.0701 e. The fraction of sp³-hybridized carbons (Fsp3) is 1.00. The van der Waals surface area contributed by atoms with Crippen molar-refractivity contribution in [2.24, 2.45) is 0 Å². The molecule has 0 aromatic carbocycles. The summed E-state index contributed by atoms with van der Waals surface area (Å²) in [4.78, 5) is 4.97. The number of rotatable bonds is 10. The van der Waals surface area contributed by atoms with Crippen LogP contribution >= 0.6 is 0 Å². The zero-order chi connectivity index (χ0) is 13.1. The normalized spacial score (nSPS) is 18.3. The molecule has 0 saturated carbocycles. The van der Waals surface area contributed by atoms with Gasteiger partial charge in [0.1, 0.15) is 0 Å². The van der Waals surface area contributed by atoms with Crippen molar-refractivity contribution in [1.82, 2.24) is 15.1 Å². The molecule has 1 fully saturated rings. The molecule has 0 atom stereocenters. The van der Waals surface area contributed by atoms with E-state index in [1.54, 1.807) is 0 Å². The summed E-state index contributed by atoms with van der Waals surface area (Å²) in [7, 11) is 1.93. The van der Waals surface area contributed by atoms with E-state index in [-0.39, 0.29) is 0 Å². The fourth-order valence-corrected chi connectivity index (χ4v) is 2.02. The van der Waals surface area contributed by atoms with Crippen LogP contribution in [0.15, 0.2) is 0 Å². The predicted octanol–water partition coefficient (Wildman–Crippen LogP) is -0.123. The summed E-state index contributed by atoms with van der Waals surface area (Å²) in [6, 6.07) is 0. The second-order valence-corrected chi connectivity index (χ2v) is 4.60. The van der Waals surface area contributed by atoms with Crippen LogP contribution in [0.3, 0.4) is 0 Å². The van der Waals surface area contributed by atoms with Gasteiger partial charge in [-0.15, -0.1) is 0 Å². The van der Waals surface area contributed by atoms with Gasteiger partial charge in [-0.05, 0) is 13.6 Å². The lowest BCUT2D eigenvalue weighted by molar-refractivity contribution is 0.0331. The average Bonchev–Trinajstić information content (AvgIpc) is 2.42. The number of likely N-dealkylation sites (N-methyl/N-ethyl adjacent to an activating group) is 2. The van der Waals surface area contributed by atoms with Crippen molar-refractivity contribution >= 4 is 0 Å². The van der Waals surface area contributed by atoms with Gasteiger partial charge >= 0.3 is 0 Å². The third kappa shape index (κ3) is 7.28. The standard InChI is InChI=1S/C13H29N3O2/c1-3-15-5-7-16(8-6-15)9-11-18-13-12-17-10-4-14-2/h14H,3-13H2,1-2H3. The van der Waals surface area contributed by atoms with Crippen molar-refractivity contribution in [3.8, 4) is 0 Å². The Morgan fingerprint density at radius 1 is 0.889 bits per heavy atom. The average molecular weight is 259 g/mol. The first kappa shape index (κ1) is 15.9. The highest BCUT2D eigenvalue weighted by molar-refractivity contribution is 4.70. The minimum atomic E-state index is 0.700. The number of hydrogen-bond acceptors (Lipinski definition) is 5. The molecule has 0 aromatic rings. The third-order valence-electron chi connectivity index (χ3n) is 3.33. The van der Waals surface area contributed by atoms with Gasteiger partial charge in [0.05, 0.1) is 26.4 Å². The van der Waals surface area contributed by atoms with Gasteiger partial charge in [0, 0.05) is 39.3 Å². The van der Waals surface area contributed by atoms with Gasteiger partial charge in [-0.25, -0.2) is 0 Å². The van der Waals surface area contributed by atoms with Crippen molar-refractivity contribution in [2.45, 2.75) is 6.92 Å². The minimum absolute atomic E-state index is 0.700. The molecular weight excluding hydrogens is 230 g/mol. The van der Waals surface area contributed by atoms with E-state index in [0.29, 0.717) is 13.2 Å². The van der Waals surface area contributed by atoms with Crippen molar-refractivity contribution in [3.63, 3.8) is 0 Å². The third-order valence-corrected chi connectivity index (χ3v) is 3.33. The molecule has 0 aliphatic carbocycles. The monoisotopic (exact) mass is 259 g/mol. The van der Waals surface area contributed by atoms with E-state index in [1.807, 2.05) is 7.05 Å². The number of hydrogen-bond donors (Lipinski definition) is 1. The van der Waals surface area contributed by atoms with E-state index in [0.717, 1.165) is 26.3 Å². The van der Waals surface area contributed by atoms with Crippen LogP contribution in [0, 0.1) is 0 Å². The molecule has 0 aromatic heterocycles. The van der Waals surface area contributed by atoms with Crippen LogP contribution in [-0.4, -0.2) is 89.1 Å². The molecule has 18 heavy (non-hydrogen) atoms. The van der Waals surface area contributed by atoms with E-state index in [1.165, 1.54) is 32.7 Å². The molecule has 5 nitrogen and oxygen atoms in total. The van der Waals surface area contributed by atoms with Crippen LogP contribution < -0.4 is 5.32 Å². The first-order valence-corrected chi connectivity index (χ1v) is 7.11. The second kappa shape index (κ2) is 10.7. The Hall–Kier alpha value is -0.200. The summed E-state index contributed by atoms with van der Waals surface area (Å²) in [5.41, 5.74) is 0. The molecule has 1 aliphatic rings. The maximum Gasteiger partial charge on any atom is 0.0701 e. The van der Waals surface area contributed by atoms with Gasteiger partial charge in [-0.3, -0.25) is 4.90 Å². The highest BCUT2D eigenvalue weighted by Crippen LogP contribution is 2.00. The van der Waals surface area contributed by atoms with Crippen LogP contribution in [0.25, 0.3) is 0 Å². The number of piperazine rings is 1. The zero-order valence-electron chi connectivity index (χ0n) is 12.0. The maximum absolute atomic E-state index is 5.57. The molecule has 1 aliphatic heterocycles. The Morgan fingerprint density at radius 3 is 2.11 bits per heavy atom. The Kier molecular flexibility index (Phi) is 9.42. The van der Waals surface area contributed by atoms with Gasteiger partial charge in [0.15, 0.2) is 0 Å². The molecule has 1 rings (SSSR count). The Morgan fingerprint density at radius 2 is 1.50 bits per heavy atom. The second-order valence-electron chi connectivity index (χ2n) is 4.60. The highest BCUT2D eigenvalue weighted by Gasteiger charge is 2.14. The van der Waals surface area contributed by atoms with E-state index < -0.39 is 0 Å². The first-order valence-electron chi connectivity index (χ1n) is 7.11. The van der Waals surface area contributed by atoms with E-state index in [4.69, 9.17) is 9.47 Å². The summed E-state index contributed by atoms with van der Waals surface area (Å²) in [5, 5.41) is 3.04. The largest absolute Gasteiger partial charge is 0.378 e. The van der Waals surface area contributed by atoms with Crippen molar-refractivity contribution in [2.75, 3.05) is 79.3 Å². The molecule has 5 heteroatoms. The van der Waals surface area contributed by atoms with Crippen molar-refractivity contribution in [1.29, 1.82) is 0 Å². The zero-order valence-corrected chi connectivity index (χ0v) is 12.0. The number of nitrogens with one attached hydrogen (secondary N) is 1. The van der Waals surface area contributed by atoms with Crippen LogP contribution in [-0.2, 0) is 9.47 Å². The van der Waals surface area contributed by atoms with Gasteiger partial charge in [0.2, 0.25) is 0 Å². The summed E-state index contributed by atoms with van der Waals surface area (Å²) in [6.07, 6.45) is 0. The van der Waals surface area contributed by atoms with Gasteiger partial charge in [-0.1, -0.05) is 6.92 Å². The molecule has 0 amide bonds. The first-order chi connectivity index (χ1) is 8.86. The van der Waals surface area contributed by atoms with E-state index in [2.05, 4.69) is 22.0 Å². The van der Waals surface area contributed by atoms with Crippen LogP contribution in [0.4, 0.5) is 0 Å². The van der Waals surface area contributed by atoms with Crippen LogP contribution in [0.2, 0.25) is 0 Å². The van der Waals surface area contributed by atoms with Crippen LogP contribution in [0.1, 0.15) is 6.92 Å². The van der Waals surface area contributed by atoms with Crippen molar-refractivity contribution in [3.05, 3.63) is 0 Å². The topological polar surface area (TPSA) is 37.0 Å². The summed E-state index contributed by atoms with van der Waals surface area (Å²) >= 11 is 0. The Labute approximate surface area is 111 Å². The molecule has 0 bridgehead atoms. The van der Waals surface area contributed by atoms with E-state index in [9.17, 15) is 0 Å².